The van der Waals surface area contributed by atoms with Gasteiger partial charge in [-0.25, -0.2) is 0 Å². The molecule has 0 spiro atoms. The molecular weight excluding hydrogens is 741 g/mol. The lowest BCUT2D eigenvalue weighted by Gasteiger charge is -2.10. The highest BCUT2D eigenvalue weighted by atomic mass is 16.3. The Morgan fingerprint density at radius 1 is 0.279 bits per heavy atom. The number of hydrogen-bond donors (Lipinski definition) is 0. The van der Waals surface area contributed by atoms with Gasteiger partial charge in [-0.1, -0.05) is 133 Å². The molecule has 0 N–H and O–H groups in total. The third-order valence-corrected chi connectivity index (χ3v) is 12.7. The van der Waals surface area contributed by atoms with Gasteiger partial charge < -0.3 is 13.6 Å². The second kappa shape index (κ2) is 13.2. The van der Waals surface area contributed by atoms with Gasteiger partial charge in [0.05, 0.1) is 22.1 Å². The maximum Gasteiger partial charge on any atom is 0.136 e. The highest BCUT2D eigenvalue weighted by molar-refractivity contribution is 6.22. The first-order valence-corrected chi connectivity index (χ1v) is 20.9. The standard InChI is InChI=1S/C58H36N2O/c1-3-16-43(17-4-1)59-51-23-10-9-21-47(51)48-34-39(26-29-52(48)59)38-14-11-15-42(33-38)46-22-12-24-56-58(46)50-36-41(28-32-55(50)61-56)40-27-30-53-49(35-40)57-45-20-8-7-13-37(45)25-31-54(57)60(53)44-18-5-2-6-19-44/h1-36H. The first-order valence-electron chi connectivity index (χ1n) is 20.9. The minimum absolute atomic E-state index is 0.885. The van der Waals surface area contributed by atoms with Gasteiger partial charge in [-0.3, -0.25) is 0 Å². The van der Waals surface area contributed by atoms with Crippen molar-refractivity contribution in [1.82, 2.24) is 9.13 Å². The van der Waals surface area contributed by atoms with Crippen LogP contribution >= 0.6 is 0 Å². The van der Waals surface area contributed by atoms with E-state index in [0.29, 0.717) is 0 Å². The van der Waals surface area contributed by atoms with Crippen molar-refractivity contribution in [2.45, 2.75) is 0 Å². The predicted molar refractivity (Wildman–Crippen MR) is 256 cm³/mol. The average Bonchev–Trinajstić information content (AvgIpc) is 3.99. The smallest absolute Gasteiger partial charge is 0.136 e. The van der Waals surface area contributed by atoms with Crippen molar-refractivity contribution in [2.75, 3.05) is 0 Å². The minimum Gasteiger partial charge on any atom is -0.456 e. The molecule has 0 saturated heterocycles. The molecule has 0 bridgehead atoms. The number of fused-ring (bicyclic) bond motifs is 11. The molecule has 284 valence electrons. The van der Waals surface area contributed by atoms with Crippen molar-refractivity contribution in [2.24, 2.45) is 0 Å². The van der Waals surface area contributed by atoms with Crippen LogP contribution in [0.3, 0.4) is 0 Å². The number of furan rings is 1. The molecule has 0 atom stereocenters. The fraction of sp³-hybridized carbons (Fsp3) is 0. The molecule has 0 unspecified atom stereocenters. The third-order valence-electron chi connectivity index (χ3n) is 12.7. The summed E-state index contributed by atoms with van der Waals surface area (Å²) in [7, 11) is 0. The highest BCUT2D eigenvalue weighted by Crippen LogP contribution is 2.43. The maximum atomic E-state index is 6.57. The van der Waals surface area contributed by atoms with Crippen molar-refractivity contribution < 1.29 is 4.42 Å². The van der Waals surface area contributed by atoms with Gasteiger partial charge in [-0.2, -0.15) is 0 Å². The average molecular weight is 777 g/mol. The van der Waals surface area contributed by atoms with Crippen molar-refractivity contribution in [1.29, 1.82) is 0 Å². The normalized spacial score (nSPS) is 11.9. The van der Waals surface area contributed by atoms with Crippen LogP contribution in [0.15, 0.2) is 223 Å². The quantitative estimate of drug-likeness (QED) is 0.171. The van der Waals surface area contributed by atoms with E-state index in [9.17, 15) is 0 Å². The summed E-state index contributed by atoms with van der Waals surface area (Å²) < 4.78 is 11.3. The van der Waals surface area contributed by atoms with Crippen LogP contribution in [0.5, 0.6) is 0 Å². The molecular formula is C58H36N2O. The Morgan fingerprint density at radius 3 is 1.62 bits per heavy atom. The van der Waals surface area contributed by atoms with Gasteiger partial charge in [0.15, 0.2) is 0 Å². The van der Waals surface area contributed by atoms with Crippen LogP contribution < -0.4 is 0 Å². The summed E-state index contributed by atoms with van der Waals surface area (Å²) in [6.07, 6.45) is 0. The fourth-order valence-electron chi connectivity index (χ4n) is 9.95. The van der Waals surface area contributed by atoms with Gasteiger partial charge in [0, 0.05) is 43.7 Å². The van der Waals surface area contributed by atoms with Crippen LogP contribution in [0.25, 0.3) is 121 Å². The molecule has 3 nitrogen and oxygen atoms in total. The lowest BCUT2D eigenvalue weighted by molar-refractivity contribution is 0.669. The molecule has 13 aromatic rings. The van der Waals surface area contributed by atoms with E-state index in [1.54, 1.807) is 0 Å². The summed E-state index contributed by atoms with van der Waals surface area (Å²) >= 11 is 0. The van der Waals surface area contributed by atoms with Crippen LogP contribution in [-0.2, 0) is 0 Å². The van der Waals surface area contributed by atoms with Crippen LogP contribution in [0.1, 0.15) is 0 Å². The summed E-state index contributed by atoms with van der Waals surface area (Å²) in [5.41, 5.74) is 15.9. The summed E-state index contributed by atoms with van der Waals surface area (Å²) in [5, 5.41) is 9.76. The fourth-order valence-corrected chi connectivity index (χ4v) is 9.95. The highest BCUT2D eigenvalue weighted by Gasteiger charge is 2.19. The molecule has 0 saturated carbocycles. The Hall–Kier alpha value is -8.14. The Kier molecular flexibility index (Phi) is 7.31. The minimum atomic E-state index is 0.885. The summed E-state index contributed by atoms with van der Waals surface area (Å²) in [6.45, 7) is 0. The van der Waals surface area contributed by atoms with Crippen molar-refractivity contribution in [3.05, 3.63) is 218 Å². The van der Waals surface area contributed by atoms with Crippen molar-refractivity contribution in [3.8, 4) is 44.8 Å². The maximum absolute atomic E-state index is 6.57. The zero-order chi connectivity index (χ0) is 40.0. The van der Waals surface area contributed by atoms with Crippen LogP contribution in [-0.4, -0.2) is 9.13 Å². The summed E-state index contributed by atoms with van der Waals surface area (Å²) in [4.78, 5) is 0. The Morgan fingerprint density at radius 2 is 0.836 bits per heavy atom. The van der Waals surface area contributed by atoms with Gasteiger partial charge in [0.1, 0.15) is 11.2 Å². The van der Waals surface area contributed by atoms with Gasteiger partial charge in [-0.15, -0.1) is 0 Å². The molecule has 0 radical (unpaired) electrons. The van der Waals surface area contributed by atoms with E-state index in [1.807, 2.05) is 0 Å². The summed E-state index contributed by atoms with van der Waals surface area (Å²) in [5.74, 6) is 0. The second-order valence-corrected chi connectivity index (χ2v) is 16.1. The largest absolute Gasteiger partial charge is 0.456 e. The van der Waals surface area contributed by atoms with E-state index in [-0.39, 0.29) is 0 Å². The van der Waals surface area contributed by atoms with Gasteiger partial charge in [-0.05, 0) is 129 Å². The molecule has 0 fully saturated rings. The first kappa shape index (κ1) is 33.8. The SMILES string of the molecule is c1ccc(-n2c3ccccc3c3cc(-c4cccc(-c5cccc6oc7ccc(-c8ccc9c(c8)c8c%10ccccc%10ccc8n9-c8ccccc8)cc7c56)c4)ccc32)cc1. The van der Waals surface area contributed by atoms with Crippen LogP contribution in [0.2, 0.25) is 0 Å². The Balaban J connectivity index is 0.950. The zero-order valence-corrected chi connectivity index (χ0v) is 33.1. The van der Waals surface area contributed by atoms with Gasteiger partial charge in [0.2, 0.25) is 0 Å². The lowest BCUT2D eigenvalue weighted by Crippen LogP contribution is -1.93. The molecule has 13 rings (SSSR count). The number of rotatable bonds is 5. The van der Waals surface area contributed by atoms with Crippen molar-refractivity contribution >= 4 is 76.3 Å². The van der Waals surface area contributed by atoms with E-state index in [2.05, 4.69) is 228 Å². The molecule has 3 heterocycles. The summed E-state index contributed by atoms with van der Waals surface area (Å²) in [6, 6.07) is 79.2. The van der Waals surface area contributed by atoms with E-state index in [4.69, 9.17) is 4.42 Å². The number of hydrogen-bond acceptors (Lipinski definition) is 1. The van der Waals surface area contributed by atoms with E-state index >= 15 is 0 Å². The molecule has 0 aliphatic heterocycles. The van der Waals surface area contributed by atoms with Crippen LogP contribution in [0.4, 0.5) is 0 Å². The molecule has 10 aromatic carbocycles. The zero-order valence-electron chi connectivity index (χ0n) is 33.1. The van der Waals surface area contributed by atoms with Gasteiger partial charge >= 0.3 is 0 Å². The van der Waals surface area contributed by atoms with Crippen LogP contribution in [0, 0.1) is 0 Å². The number of para-hydroxylation sites is 3. The van der Waals surface area contributed by atoms with E-state index in [0.717, 1.165) is 50.0 Å². The number of nitrogens with zero attached hydrogens (tertiary/aromatic N) is 2. The monoisotopic (exact) mass is 776 g/mol. The molecule has 3 heteroatoms. The first-order chi connectivity index (χ1) is 30.2. The Labute approximate surface area is 351 Å². The third kappa shape index (κ3) is 5.17. The topological polar surface area (TPSA) is 23.0 Å². The molecule has 0 amide bonds. The molecule has 61 heavy (non-hydrogen) atoms. The number of benzene rings is 10. The predicted octanol–water partition coefficient (Wildman–Crippen LogP) is 15.9. The molecule has 0 aliphatic rings. The van der Waals surface area contributed by atoms with Crippen molar-refractivity contribution in [3.63, 3.8) is 0 Å². The molecule has 0 aliphatic carbocycles. The van der Waals surface area contributed by atoms with E-state index in [1.165, 1.54) is 71.1 Å². The second-order valence-electron chi connectivity index (χ2n) is 16.1. The van der Waals surface area contributed by atoms with E-state index < -0.39 is 0 Å². The van der Waals surface area contributed by atoms with Gasteiger partial charge in [0.25, 0.3) is 0 Å². The number of aromatic nitrogens is 2. The molecule has 3 aromatic heterocycles. The Bertz CT molecular complexity index is 3870. The lowest BCUT2D eigenvalue weighted by atomic mass is 9.94.